The summed E-state index contributed by atoms with van der Waals surface area (Å²) in [5.41, 5.74) is 0. The lowest BCUT2D eigenvalue weighted by Crippen LogP contribution is -2.52. The molecule has 8 heteroatoms. The van der Waals surface area contributed by atoms with Gasteiger partial charge in [0.25, 0.3) is 0 Å². The van der Waals surface area contributed by atoms with E-state index in [4.69, 9.17) is 0 Å². The highest BCUT2D eigenvalue weighted by Gasteiger charge is 2.26. The molecule has 0 aliphatic heterocycles. The van der Waals surface area contributed by atoms with Gasteiger partial charge in [-0.25, -0.2) is 4.79 Å². The number of hydrogen-bond donors (Lipinski definition) is 3. The largest absolute Gasteiger partial charge is 0.480 e. The number of aliphatic carboxylic acids is 1. The van der Waals surface area contributed by atoms with Gasteiger partial charge in [0.05, 0.1) is 10.8 Å². The molecule has 144 valence electrons. The average molecular weight is 382 g/mol. The first-order valence-corrected chi connectivity index (χ1v) is 9.76. The Labute approximate surface area is 156 Å². The minimum atomic E-state index is -1.35. The molecule has 0 fully saturated rings. The van der Waals surface area contributed by atoms with E-state index in [-0.39, 0.29) is 24.0 Å². The van der Waals surface area contributed by atoms with Crippen LogP contribution in [0.2, 0.25) is 0 Å². The molecule has 1 aromatic carbocycles. The SMILES string of the molecule is CC(=O)N[C@@H](CC(C)C)C(=O)N[C@@H](CC[S@@](=O)c1ccccc1)C(=O)O. The van der Waals surface area contributed by atoms with Gasteiger partial charge in [-0.3, -0.25) is 13.8 Å². The van der Waals surface area contributed by atoms with Gasteiger partial charge in [-0.05, 0) is 30.9 Å². The van der Waals surface area contributed by atoms with E-state index in [1.807, 2.05) is 13.8 Å². The maximum atomic E-state index is 12.4. The summed E-state index contributed by atoms with van der Waals surface area (Å²) >= 11 is 0. The second-order valence-electron chi connectivity index (χ2n) is 6.43. The van der Waals surface area contributed by atoms with Crippen LogP contribution >= 0.6 is 0 Å². The molecule has 1 aromatic rings. The molecular weight excluding hydrogens is 356 g/mol. The van der Waals surface area contributed by atoms with Crippen LogP contribution in [-0.2, 0) is 25.2 Å². The normalized spacial score (nSPS) is 14.3. The lowest BCUT2D eigenvalue weighted by molar-refractivity contribution is -0.142. The van der Waals surface area contributed by atoms with Crippen LogP contribution in [-0.4, -0.2) is 44.9 Å². The number of carboxylic acid groups (broad SMARTS) is 1. The molecule has 3 atom stereocenters. The zero-order chi connectivity index (χ0) is 19.7. The van der Waals surface area contributed by atoms with E-state index in [2.05, 4.69) is 10.6 Å². The van der Waals surface area contributed by atoms with Crippen LogP contribution in [0.3, 0.4) is 0 Å². The van der Waals surface area contributed by atoms with Gasteiger partial charge in [0.15, 0.2) is 0 Å². The van der Waals surface area contributed by atoms with Gasteiger partial charge in [0.1, 0.15) is 12.1 Å². The molecule has 2 amide bonds. The fraction of sp³-hybridized carbons (Fsp3) is 0.500. The molecule has 0 bridgehead atoms. The fourth-order valence-corrected chi connectivity index (χ4v) is 3.54. The first-order chi connectivity index (χ1) is 12.2. The van der Waals surface area contributed by atoms with Crippen LogP contribution in [0.25, 0.3) is 0 Å². The number of rotatable bonds is 10. The molecule has 0 aliphatic rings. The summed E-state index contributed by atoms with van der Waals surface area (Å²) in [5, 5.41) is 14.3. The Morgan fingerprint density at radius 2 is 1.69 bits per heavy atom. The van der Waals surface area contributed by atoms with E-state index in [1.165, 1.54) is 6.92 Å². The van der Waals surface area contributed by atoms with Crippen molar-refractivity contribution >= 4 is 28.6 Å². The van der Waals surface area contributed by atoms with Crippen molar-refractivity contribution in [3.63, 3.8) is 0 Å². The summed E-state index contributed by atoms with van der Waals surface area (Å²) in [7, 11) is -1.35. The van der Waals surface area contributed by atoms with Crippen LogP contribution in [0.1, 0.15) is 33.6 Å². The quantitative estimate of drug-likeness (QED) is 0.565. The molecule has 0 radical (unpaired) electrons. The van der Waals surface area contributed by atoms with E-state index in [1.54, 1.807) is 30.3 Å². The highest BCUT2D eigenvalue weighted by atomic mass is 32.2. The summed E-state index contributed by atoms with van der Waals surface area (Å²) < 4.78 is 12.2. The van der Waals surface area contributed by atoms with Crippen molar-refractivity contribution < 1.29 is 23.7 Å². The minimum Gasteiger partial charge on any atom is -0.480 e. The number of nitrogens with one attached hydrogen (secondary N) is 2. The molecule has 1 rings (SSSR count). The molecule has 3 N–H and O–H groups in total. The zero-order valence-electron chi connectivity index (χ0n) is 15.2. The van der Waals surface area contributed by atoms with Gasteiger partial charge in [0, 0.05) is 17.6 Å². The van der Waals surface area contributed by atoms with E-state index >= 15 is 0 Å². The summed E-state index contributed by atoms with van der Waals surface area (Å²) in [4.78, 5) is 35.7. The second-order valence-corrected chi connectivity index (χ2v) is 8.00. The topological polar surface area (TPSA) is 113 Å². The Balaban J connectivity index is 2.70. The van der Waals surface area contributed by atoms with E-state index in [0.717, 1.165) is 0 Å². The van der Waals surface area contributed by atoms with Crippen molar-refractivity contribution in [1.29, 1.82) is 0 Å². The number of hydrogen-bond acceptors (Lipinski definition) is 4. The van der Waals surface area contributed by atoms with Gasteiger partial charge in [0.2, 0.25) is 11.8 Å². The molecular formula is C18H26N2O5S. The Hall–Kier alpha value is -2.22. The smallest absolute Gasteiger partial charge is 0.326 e. The lowest BCUT2D eigenvalue weighted by Gasteiger charge is -2.22. The van der Waals surface area contributed by atoms with Crippen LogP contribution in [0.4, 0.5) is 0 Å². The molecule has 0 aromatic heterocycles. The van der Waals surface area contributed by atoms with Crippen molar-refractivity contribution in [2.24, 2.45) is 5.92 Å². The summed E-state index contributed by atoms with van der Waals surface area (Å²) in [6.45, 7) is 5.11. The lowest BCUT2D eigenvalue weighted by atomic mass is 10.0. The summed E-state index contributed by atoms with van der Waals surface area (Å²) in [5.74, 6) is -1.85. The monoisotopic (exact) mass is 382 g/mol. The Morgan fingerprint density at radius 3 is 2.19 bits per heavy atom. The maximum Gasteiger partial charge on any atom is 0.326 e. The van der Waals surface area contributed by atoms with Gasteiger partial charge < -0.3 is 15.7 Å². The van der Waals surface area contributed by atoms with Crippen molar-refractivity contribution in [1.82, 2.24) is 10.6 Å². The van der Waals surface area contributed by atoms with Crippen molar-refractivity contribution in [2.75, 3.05) is 5.75 Å². The Bertz CT molecular complexity index is 648. The van der Waals surface area contributed by atoms with E-state index in [9.17, 15) is 23.7 Å². The number of carbonyl (C=O) groups excluding carboxylic acids is 2. The van der Waals surface area contributed by atoms with Gasteiger partial charge in [-0.15, -0.1) is 0 Å². The molecule has 0 unspecified atom stereocenters. The molecule has 7 nitrogen and oxygen atoms in total. The number of carbonyl (C=O) groups is 3. The number of amides is 2. The van der Waals surface area contributed by atoms with Crippen LogP contribution in [0, 0.1) is 5.92 Å². The van der Waals surface area contributed by atoms with E-state index < -0.39 is 34.8 Å². The van der Waals surface area contributed by atoms with Crippen molar-refractivity contribution in [3.05, 3.63) is 30.3 Å². The molecule has 0 saturated carbocycles. The third-order valence-corrected chi connectivity index (χ3v) is 5.02. The highest BCUT2D eigenvalue weighted by Crippen LogP contribution is 2.09. The number of carboxylic acids is 1. The summed E-state index contributed by atoms with van der Waals surface area (Å²) in [6, 6.07) is 6.77. The number of benzene rings is 1. The molecule has 0 aliphatic carbocycles. The standard InChI is InChI=1S/C18H26N2O5S/c1-12(2)11-16(19-13(3)21)17(22)20-15(18(23)24)9-10-26(25)14-7-5-4-6-8-14/h4-8,12,15-16H,9-11H2,1-3H3,(H,19,21)(H,20,22)(H,23,24)/t15-,16-,26+/m0/s1. The van der Waals surface area contributed by atoms with Gasteiger partial charge >= 0.3 is 5.97 Å². The first kappa shape index (κ1) is 21.8. The third-order valence-electron chi connectivity index (χ3n) is 3.61. The molecule has 26 heavy (non-hydrogen) atoms. The summed E-state index contributed by atoms with van der Waals surface area (Å²) in [6.07, 6.45) is 0.421. The van der Waals surface area contributed by atoms with Crippen molar-refractivity contribution in [2.45, 2.75) is 50.6 Å². The fourth-order valence-electron chi connectivity index (χ4n) is 2.39. The Kier molecular flexibility index (Phi) is 8.98. The van der Waals surface area contributed by atoms with Crippen molar-refractivity contribution in [3.8, 4) is 0 Å². The van der Waals surface area contributed by atoms with Crippen LogP contribution in [0.5, 0.6) is 0 Å². The third kappa shape index (κ3) is 7.77. The predicted octanol–water partition coefficient (Wildman–Crippen LogP) is 1.30. The van der Waals surface area contributed by atoms with Gasteiger partial charge in [-0.1, -0.05) is 32.0 Å². The predicted molar refractivity (Wildman–Crippen MR) is 99.0 cm³/mol. The zero-order valence-corrected chi connectivity index (χ0v) is 16.0. The average Bonchev–Trinajstić information content (AvgIpc) is 2.57. The molecule has 0 spiro atoms. The van der Waals surface area contributed by atoms with Gasteiger partial charge in [-0.2, -0.15) is 0 Å². The second kappa shape index (κ2) is 10.7. The Morgan fingerprint density at radius 1 is 1.08 bits per heavy atom. The first-order valence-electron chi connectivity index (χ1n) is 8.44. The van der Waals surface area contributed by atoms with E-state index in [0.29, 0.717) is 11.3 Å². The van der Waals surface area contributed by atoms with Crippen LogP contribution in [0.15, 0.2) is 35.2 Å². The maximum absolute atomic E-state index is 12.4. The molecule has 0 saturated heterocycles. The minimum absolute atomic E-state index is 0.0248. The van der Waals surface area contributed by atoms with Crippen LogP contribution < -0.4 is 10.6 Å². The highest BCUT2D eigenvalue weighted by molar-refractivity contribution is 7.85. The molecule has 0 heterocycles.